The highest BCUT2D eigenvalue weighted by molar-refractivity contribution is 5.83. The number of Topliss-reactive ketones (excluding diaryl/α,β-unsaturated/α-hetero) is 1. The van der Waals surface area contributed by atoms with Crippen molar-refractivity contribution in [1.29, 1.82) is 0 Å². The number of carbonyl (C=O) groups is 1. The molecule has 1 heterocycles. The predicted molar refractivity (Wildman–Crippen MR) is 215 cm³/mol. The fourth-order valence-corrected chi connectivity index (χ4v) is 6.95. The fraction of sp³-hybridized carbons (Fsp3) is 0.553. The molecule has 4 rings (SSSR count). The van der Waals surface area contributed by atoms with Gasteiger partial charge in [0.05, 0.1) is 39.1 Å². The second-order valence-corrected chi connectivity index (χ2v) is 14.5. The van der Waals surface area contributed by atoms with Crippen LogP contribution in [0.5, 0.6) is 5.75 Å². The summed E-state index contributed by atoms with van der Waals surface area (Å²) in [5, 5.41) is 0. The van der Waals surface area contributed by atoms with Crippen LogP contribution in [-0.2, 0) is 43.6 Å². The Hall–Kier alpha value is -3.29. The number of allylic oxidation sites excluding steroid dienone is 1. The van der Waals surface area contributed by atoms with Gasteiger partial charge in [-0.05, 0) is 67.3 Å². The maximum Gasteiger partial charge on any atom is 0.161 e. The summed E-state index contributed by atoms with van der Waals surface area (Å²) in [6, 6.07) is 28.7. The first-order chi connectivity index (χ1) is 26.2. The average Bonchev–Trinajstić information content (AvgIpc) is 3.18. The number of unbranched alkanes of at least 4 members (excludes halogenated alkanes) is 9. The lowest BCUT2D eigenvalue weighted by Gasteiger charge is -2.36. The van der Waals surface area contributed by atoms with Crippen LogP contribution in [0.2, 0.25) is 0 Å². The molecule has 3 aromatic carbocycles. The quantitative estimate of drug-likeness (QED) is 0.0576. The first kappa shape index (κ1) is 42.5. The average molecular weight is 727 g/mol. The Balaban J connectivity index is 1.41. The van der Waals surface area contributed by atoms with Crippen molar-refractivity contribution in [2.75, 3.05) is 13.7 Å². The van der Waals surface area contributed by atoms with E-state index in [1.807, 2.05) is 48.5 Å². The van der Waals surface area contributed by atoms with Crippen molar-refractivity contribution in [3.8, 4) is 5.75 Å². The third-order valence-corrected chi connectivity index (χ3v) is 10.1. The summed E-state index contributed by atoms with van der Waals surface area (Å²) in [5.41, 5.74) is 3.38. The number of benzene rings is 3. The van der Waals surface area contributed by atoms with Crippen LogP contribution < -0.4 is 4.74 Å². The molecule has 0 bridgehead atoms. The van der Waals surface area contributed by atoms with Gasteiger partial charge < -0.3 is 23.7 Å². The van der Waals surface area contributed by atoms with E-state index in [9.17, 15) is 4.79 Å². The number of methoxy groups -OCH3 is 1. The molecule has 0 aliphatic carbocycles. The molecule has 0 saturated heterocycles. The first-order valence-electron chi connectivity index (χ1n) is 20.5. The van der Waals surface area contributed by atoms with E-state index in [-0.39, 0.29) is 24.1 Å². The molecular weight excluding hydrogens is 661 g/mol. The van der Waals surface area contributed by atoms with Crippen LogP contribution in [0.25, 0.3) is 0 Å². The maximum atomic E-state index is 13.7. The van der Waals surface area contributed by atoms with E-state index < -0.39 is 6.10 Å². The number of carbonyl (C=O) groups excluding carboxylic acids is 1. The second kappa shape index (κ2) is 26.5. The van der Waals surface area contributed by atoms with E-state index in [2.05, 4.69) is 55.5 Å². The van der Waals surface area contributed by atoms with Crippen molar-refractivity contribution >= 4 is 5.78 Å². The van der Waals surface area contributed by atoms with Gasteiger partial charge >= 0.3 is 0 Å². The molecule has 4 atom stereocenters. The van der Waals surface area contributed by atoms with Crippen molar-refractivity contribution in [2.24, 2.45) is 0 Å². The third-order valence-electron chi connectivity index (χ3n) is 10.1. The van der Waals surface area contributed by atoms with Crippen molar-refractivity contribution in [2.45, 2.75) is 154 Å². The highest BCUT2D eigenvalue weighted by Crippen LogP contribution is 2.28. The fourth-order valence-electron chi connectivity index (χ4n) is 6.95. The summed E-state index contributed by atoms with van der Waals surface area (Å²) in [6.45, 7) is 4.52. The molecule has 0 unspecified atom stereocenters. The summed E-state index contributed by atoms with van der Waals surface area (Å²) >= 11 is 0. The second-order valence-electron chi connectivity index (χ2n) is 14.5. The van der Waals surface area contributed by atoms with Crippen LogP contribution in [0, 0.1) is 0 Å². The van der Waals surface area contributed by atoms with Crippen molar-refractivity contribution < 1.29 is 28.5 Å². The zero-order valence-electron chi connectivity index (χ0n) is 32.6. The van der Waals surface area contributed by atoms with Gasteiger partial charge in [0.25, 0.3) is 0 Å². The highest BCUT2D eigenvalue weighted by Gasteiger charge is 2.35. The van der Waals surface area contributed by atoms with E-state index in [1.165, 1.54) is 50.5 Å². The monoisotopic (exact) mass is 726 g/mol. The smallest absolute Gasteiger partial charge is 0.161 e. The predicted octanol–water partition coefficient (Wildman–Crippen LogP) is 11.5. The number of rotatable bonds is 27. The van der Waals surface area contributed by atoms with Crippen molar-refractivity contribution in [3.63, 3.8) is 0 Å². The largest absolute Gasteiger partial charge is 0.497 e. The zero-order valence-corrected chi connectivity index (χ0v) is 32.6. The number of hydrogen-bond donors (Lipinski definition) is 0. The SMILES string of the molecule is CCCCCCCCCC[C@@H](OCc1ccccc1)[C@H](OCc1ccc(OC)cc1)[C@@H]1C/C=C\CC[C@H](C(=O)CCCCCOCc2ccccc2)O1. The highest BCUT2D eigenvalue weighted by atomic mass is 16.6. The van der Waals surface area contributed by atoms with Crippen molar-refractivity contribution in [3.05, 3.63) is 114 Å². The van der Waals surface area contributed by atoms with Gasteiger partial charge in [0, 0.05) is 13.0 Å². The van der Waals surface area contributed by atoms with Crippen LogP contribution in [0.15, 0.2) is 97.1 Å². The molecular formula is C47H66O6. The zero-order chi connectivity index (χ0) is 37.2. The van der Waals surface area contributed by atoms with Crippen LogP contribution in [0.4, 0.5) is 0 Å². The Morgan fingerprint density at radius 1 is 0.698 bits per heavy atom. The third kappa shape index (κ3) is 17.2. The molecule has 1 aliphatic rings. The Morgan fingerprint density at radius 3 is 2.02 bits per heavy atom. The molecule has 290 valence electrons. The Labute approximate surface area is 320 Å². The molecule has 0 radical (unpaired) electrons. The van der Waals surface area contributed by atoms with E-state index in [0.29, 0.717) is 45.7 Å². The Kier molecular flexibility index (Phi) is 21.2. The summed E-state index contributed by atoms with van der Waals surface area (Å²) in [6.07, 6.45) is 19.5. The molecule has 3 aromatic rings. The first-order valence-corrected chi connectivity index (χ1v) is 20.5. The maximum absolute atomic E-state index is 13.7. The van der Waals surface area contributed by atoms with Gasteiger partial charge in [0.1, 0.15) is 18.0 Å². The van der Waals surface area contributed by atoms with E-state index in [4.69, 9.17) is 23.7 Å². The molecule has 1 aliphatic heterocycles. The number of ketones is 1. The van der Waals surface area contributed by atoms with E-state index in [0.717, 1.165) is 55.4 Å². The molecule has 0 fully saturated rings. The summed E-state index contributed by atoms with van der Waals surface area (Å²) in [7, 11) is 1.68. The van der Waals surface area contributed by atoms with Gasteiger partial charge in [-0.1, -0.05) is 150 Å². The van der Waals surface area contributed by atoms with Gasteiger partial charge in [-0.2, -0.15) is 0 Å². The molecule has 53 heavy (non-hydrogen) atoms. The van der Waals surface area contributed by atoms with Gasteiger partial charge in [-0.15, -0.1) is 0 Å². The molecule has 0 saturated carbocycles. The molecule has 6 nitrogen and oxygen atoms in total. The van der Waals surface area contributed by atoms with Crippen molar-refractivity contribution in [1.82, 2.24) is 0 Å². The molecule has 0 N–H and O–H groups in total. The summed E-state index contributed by atoms with van der Waals surface area (Å²) < 4.78 is 31.8. The molecule has 0 spiro atoms. The van der Waals surface area contributed by atoms with Gasteiger partial charge in [0.15, 0.2) is 5.78 Å². The van der Waals surface area contributed by atoms with E-state index >= 15 is 0 Å². The van der Waals surface area contributed by atoms with Gasteiger partial charge in [-0.3, -0.25) is 4.79 Å². The number of hydrogen-bond acceptors (Lipinski definition) is 6. The lowest BCUT2D eigenvalue weighted by Crippen LogP contribution is -2.45. The minimum Gasteiger partial charge on any atom is -0.497 e. The van der Waals surface area contributed by atoms with Gasteiger partial charge in [0.2, 0.25) is 0 Å². The standard InChI is InChI=1S/C47H66O6/c1-3-4-5-6-7-8-9-19-29-45(51-37-40-25-16-11-17-26-40)47(52-38-41-31-33-42(49-2)34-32-41)46-30-21-12-20-28-44(53-46)43(48)27-18-13-22-35-50-36-39-23-14-10-15-24-39/h10-12,14-17,21,23-26,31-34,44-47H,3-9,13,18-20,22,27-30,35-38H2,1-2H3/b21-12-/t44-,45-,46+,47+/m1/s1. The van der Waals surface area contributed by atoms with Crippen LogP contribution in [-0.4, -0.2) is 43.9 Å². The molecule has 0 amide bonds. The minimum absolute atomic E-state index is 0.182. The lowest BCUT2D eigenvalue weighted by atomic mass is 9.95. The molecule has 6 heteroatoms. The summed E-state index contributed by atoms with van der Waals surface area (Å²) in [4.78, 5) is 13.7. The van der Waals surface area contributed by atoms with Crippen LogP contribution in [0.1, 0.15) is 126 Å². The topological polar surface area (TPSA) is 63.2 Å². The normalized spacial score (nSPS) is 17.8. The Morgan fingerprint density at radius 2 is 1.32 bits per heavy atom. The van der Waals surface area contributed by atoms with E-state index in [1.54, 1.807) is 7.11 Å². The minimum atomic E-state index is -0.454. The van der Waals surface area contributed by atoms with Crippen LogP contribution >= 0.6 is 0 Å². The van der Waals surface area contributed by atoms with Gasteiger partial charge in [-0.25, -0.2) is 0 Å². The Bertz CT molecular complexity index is 1380. The lowest BCUT2D eigenvalue weighted by molar-refractivity contribution is -0.171. The summed E-state index contributed by atoms with van der Waals surface area (Å²) in [5.74, 6) is 1.01. The van der Waals surface area contributed by atoms with Crippen LogP contribution in [0.3, 0.4) is 0 Å². The number of ether oxygens (including phenoxy) is 5. The molecule has 0 aromatic heterocycles.